The highest BCUT2D eigenvalue weighted by Gasteiger charge is 2.01. The Morgan fingerprint density at radius 1 is 1.25 bits per heavy atom. The van der Waals surface area contributed by atoms with E-state index in [1.165, 1.54) is 4.90 Å². The third kappa shape index (κ3) is 3.68. The van der Waals surface area contributed by atoms with Crippen molar-refractivity contribution in [3.05, 3.63) is 59.7 Å². The number of anilines is 1. The minimum absolute atomic E-state index is 0.122. The normalized spacial score (nSPS) is 11.3. The Morgan fingerprint density at radius 2 is 2.05 bits per heavy atom. The molecule has 20 heavy (non-hydrogen) atoms. The second-order valence-electron chi connectivity index (χ2n) is 4.27. The Hall–Kier alpha value is -2.14. The molecule has 5 heteroatoms. The average Bonchev–Trinajstić information content (AvgIpc) is 2.52. The molecule has 0 aliphatic rings. The number of benzene rings is 2. The van der Waals surface area contributed by atoms with E-state index < -0.39 is 0 Å². The van der Waals surface area contributed by atoms with Crippen LogP contribution in [0.15, 0.2) is 58.6 Å². The molecule has 0 unspecified atom stereocenters. The zero-order valence-electron chi connectivity index (χ0n) is 11.2. The van der Waals surface area contributed by atoms with Gasteiger partial charge in [-0.25, -0.2) is 0 Å². The van der Waals surface area contributed by atoms with Gasteiger partial charge in [-0.15, -0.1) is 11.8 Å². The standard InChI is InChI=1S/C15H17N3OS/c1-20-14-7-3-6-13(9-14)17-10-11-4-2-5-12(8-11)15(16)18-19/h2-9,17,19H,10H2,1H3,(H2,16,18). The fourth-order valence-electron chi connectivity index (χ4n) is 1.84. The molecule has 0 aliphatic carbocycles. The summed E-state index contributed by atoms with van der Waals surface area (Å²) in [5, 5.41) is 15.1. The lowest BCUT2D eigenvalue weighted by atomic mass is 10.1. The van der Waals surface area contributed by atoms with Crippen molar-refractivity contribution >= 4 is 23.3 Å². The molecule has 0 spiro atoms. The summed E-state index contributed by atoms with van der Waals surface area (Å²) in [6.45, 7) is 0.685. The number of thioether (sulfide) groups is 1. The molecule has 0 saturated heterocycles. The highest BCUT2D eigenvalue weighted by Crippen LogP contribution is 2.19. The van der Waals surface area contributed by atoms with E-state index in [2.05, 4.69) is 28.9 Å². The molecule has 0 aromatic heterocycles. The number of nitrogens with zero attached hydrogens (tertiary/aromatic N) is 1. The zero-order chi connectivity index (χ0) is 14.4. The molecule has 2 aromatic rings. The van der Waals surface area contributed by atoms with E-state index in [-0.39, 0.29) is 5.84 Å². The first-order chi connectivity index (χ1) is 9.72. The molecule has 0 radical (unpaired) electrons. The van der Waals surface area contributed by atoms with Crippen molar-refractivity contribution in [3.63, 3.8) is 0 Å². The Kier molecular flexibility index (Phi) is 4.90. The molecule has 0 amide bonds. The maximum Gasteiger partial charge on any atom is 0.170 e. The van der Waals surface area contributed by atoms with Gasteiger partial charge in [-0.2, -0.15) is 0 Å². The van der Waals surface area contributed by atoms with Gasteiger partial charge in [-0.05, 0) is 36.1 Å². The molecule has 104 valence electrons. The summed E-state index contributed by atoms with van der Waals surface area (Å²) in [7, 11) is 0. The molecule has 0 atom stereocenters. The molecule has 0 heterocycles. The monoisotopic (exact) mass is 287 g/mol. The highest BCUT2D eigenvalue weighted by molar-refractivity contribution is 7.98. The number of oxime groups is 1. The fourth-order valence-corrected chi connectivity index (χ4v) is 2.29. The fraction of sp³-hybridized carbons (Fsp3) is 0.133. The molecule has 2 rings (SSSR count). The average molecular weight is 287 g/mol. The van der Waals surface area contributed by atoms with Gasteiger partial charge in [0, 0.05) is 22.7 Å². The van der Waals surface area contributed by atoms with Gasteiger partial charge in [0.25, 0.3) is 0 Å². The minimum Gasteiger partial charge on any atom is -0.409 e. The molecule has 0 fully saturated rings. The molecule has 4 N–H and O–H groups in total. The summed E-state index contributed by atoms with van der Waals surface area (Å²) in [5.74, 6) is 0.122. The van der Waals surface area contributed by atoms with Crippen LogP contribution in [0.4, 0.5) is 5.69 Å². The Bertz CT molecular complexity index is 614. The van der Waals surface area contributed by atoms with E-state index in [4.69, 9.17) is 10.9 Å². The lowest BCUT2D eigenvalue weighted by molar-refractivity contribution is 0.318. The summed E-state index contributed by atoms with van der Waals surface area (Å²) >= 11 is 1.71. The van der Waals surface area contributed by atoms with Crippen molar-refractivity contribution in [1.29, 1.82) is 0 Å². The number of hydrogen-bond acceptors (Lipinski definition) is 4. The maximum absolute atomic E-state index is 8.69. The van der Waals surface area contributed by atoms with Gasteiger partial charge in [-0.3, -0.25) is 0 Å². The van der Waals surface area contributed by atoms with Crippen LogP contribution in [0.3, 0.4) is 0 Å². The molecule has 2 aromatic carbocycles. The van der Waals surface area contributed by atoms with Crippen molar-refractivity contribution in [2.75, 3.05) is 11.6 Å². The lowest BCUT2D eigenvalue weighted by Gasteiger charge is -2.09. The number of amidine groups is 1. The number of rotatable bonds is 5. The van der Waals surface area contributed by atoms with Gasteiger partial charge >= 0.3 is 0 Å². The molecular weight excluding hydrogens is 270 g/mol. The molecule has 0 bridgehead atoms. The van der Waals surface area contributed by atoms with Crippen LogP contribution in [0.25, 0.3) is 0 Å². The first-order valence-corrected chi connectivity index (χ1v) is 7.40. The second kappa shape index (κ2) is 6.86. The van der Waals surface area contributed by atoms with E-state index in [0.29, 0.717) is 12.1 Å². The van der Waals surface area contributed by atoms with Gasteiger partial charge in [-0.1, -0.05) is 29.4 Å². The van der Waals surface area contributed by atoms with Crippen molar-refractivity contribution in [2.45, 2.75) is 11.4 Å². The van der Waals surface area contributed by atoms with Gasteiger partial charge in [0.2, 0.25) is 0 Å². The van der Waals surface area contributed by atoms with Crippen LogP contribution in [0.5, 0.6) is 0 Å². The molecule has 0 aliphatic heterocycles. The van der Waals surface area contributed by atoms with E-state index in [1.54, 1.807) is 11.8 Å². The zero-order valence-corrected chi connectivity index (χ0v) is 12.0. The highest BCUT2D eigenvalue weighted by atomic mass is 32.2. The predicted octanol–water partition coefficient (Wildman–Crippen LogP) is 3.12. The Morgan fingerprint density at radius 3 is 2.80 bits per heavy atom. The lowest BCUT2D eigenvalue weighted by Crippen LogP contribution is -2.13. The van der Waals surface area contributed by atoms with Crippen LogP contribution in [0, 0.1) is 0 Å². The van der Waals surface area contributed by atoms with E-state index in [1.807, 2.05) is 36.4 Å². The van der Waals surface area contributed by atoms with Gasteiger partial charge in [0.15, 0.2) is 5.84 Å². The smallest absolute Gasteiger partial charge is 0.170 e. The van der Waals surface area contributed by atoms with Crippen molar-refractivity contribution in [2.24, 2.45) is 10.9 Å². The predicted molar refractivity (Wildman–Crippen MR) is 84.5 cm³/mol. The summed E-state index contributed by atoms with van der Waals surface area (Å²) in [6, 6.07) is 15.9. The maximum atomic E-state index is 8.69. The van der Waals surface area contributed by atoms with Crippen LogP contribution in [0.2, 0.25) is 0 Å². The SMILES string of the molecule is CSc1cccc(NCc2cccc(C(N)=NO)c2)c1. The Labute approximate surface area is 122 Å². The van der Waals surface area contributed by atoms with Crippen molar-refractivity contribution in [3.8, 4) is 0 Å². The first-order valence-electron chi connectivity index (χ1n) is 6.17. The first kappa shape index (κ1) is 14.3. The van der Waals surface area contributed by atoms with Crippen LogP contribution >= 0.6 is 11.8 Å². The third-order valence-electron chi connectivity index (χ3n) is 2.90. The minimum atomic E-state index is 0.122. The topological polar surface area (TPSA) is 70.6 Å². The third-order valence-corrected chi connectivity index (χ3v) is 3.62. The summed E-state index contributed by atoms with van der Waals surface area (Å²) < 4.78 is 0. The quantitative estimate of drug-likeness (QED) is 0.260. The van der Waals surface area contributed by atoms with Gasteiger partial charge in [0.05, 0.1) is 0 Å². The van der Waals surface area contributed by atoms with Crippen LogP contribution in [0.1, 0.15) is 11.1 Å². The largest absolute Gasteiger partial charge is 0.409 e. The van der Waals surface area contributed by atoms with E-state index in [0.717, 1.165) is 11.3 Å². The number of nitrogens with two attached hydrogens (primary N) is 1. The number of nitrogens with one attached hydrogen (secondary N) is 1. The Balaban J connectivity index is 2.07. The van der Waals surface area contributed by atoms with Crippen LogP contribution in [-0.2, 0) is 6.54 Å². The summed E-state index contributed by atoms with van der Waals surface area (Å²) in [6.07, 6.45) is 2.06. The van der Waals surface area contributed by atoms with Crippen LogP contribution < -0.4 is 11.1 Å². The summed E-state index contributed by atoms with van der Waals surface area (Å²) in [5.41, 5.74) is 8.45. The van der Waals surface area contributed by atoms with Crippen LogP contribution in [-0.4, -0.2) is 17.3 Å². The van der Waals surface area contributed by atoms with E-state index >= 15 is 0 Å². The summed E-state index contributed by atoms with van der Waals surface area (Å²) in [4.78, 5) is 1.22. The molecule has 0 saturated carbocycles. The van der Waals surface area contributed by atoms with Gasteiger partial charge in [0.1, 0.15) is 0 Å². The van der Waals surface area contributed by atoms with Gasteiger partial charge < -0.3 is 16.3 Å². The molecular formula is C15H17N3OS. The van der Waals surface area contributed by atoms with E-state index in [9.17, 15) is 0 Å². The molecule has 4 nitrogen and oxygen atoms in total. The second-order valence-corrected chi connectivity index (χ2v) is 5.15. The number of hydrogen-bond donors (Lipinski definition) is 3. The van der Waals surface area contributed by atoms with Crippen molar-refractivity contribution < 1.29 is 5.21 Å². The van der Waals surface area contributed by atoms with Crippen molar-refractivity contribution in [1.82, 2.24) is 0 Å².